The molecule has 0 heterocycles. The summed E-state index contributed by atoms with van der Waals surface area (Å²) < 4.78 is 5.37. The van der Waals surface area contributed by atoms with Crippen molar-refractivity contribution in [2.75, 3.05) is 0 Å². The molecule has 37 heavy (non-hydrogen) atoms. The molecular weight excluding hydrogens is 466 g/mol. The zero-order valence-electron chi connectivity index (χ0n) is 22.7. The molecule has 2 aromatic carbocycles. The van der Waals surface area contributed by atoms with Crippen LogP contribution in [0.1, 0.15) is 70.7 Å². The van der Waals surface area contributed by atoms with Gasteiger partial charge >= 0.3 is 6.09 Å². The van der Waals surface area contributed by atoms with Crippen LogP contribution in [0.2, 0.25) is 0 Å². The van der Waals surface area contributed by atoms with E-state index in [9.17, 15) is 14.4 Å². The predicted octanol–water partition coefficient (Wildman–Crippen LogP) is 4.97. The topological polar surface area (TPSA) is 87.7 Å². The highest BCUT2D eigenvalue weighted by Gasteiger charge is 2.36. The number of nitrogens with zero attached hydrogens (tertiary/aromatic N) is 1. The number of hydrogen-bond acceptors (Lipinski definition) is 4. The Hall–Kier alpha value is -3.79. The minimum absolute atomic E-state index is 0.0673. The van der Waals surface area contributed by atoms with Gasteiger partial charge in [0.1, 0.15) is 17.7 Å². The van der Waals surface area contributed by atoms with Gasteiger partial charge in [0.05, 0.1) is 0 Å². The highest BCUT2D eigenvalue weighted by molar-refractivity contribution is 5.93. The molecule has 7 heteroatoms. The quantitative estimate of drug-likeness (QED) is 0.353. The van der Waals surface area contributed by atoms with Gasteiger partial charge in [-0.1, -0.05) is 81.8 Å². The summed E-state index contributed by atoms with van der Waals surface area (Å²) in [4.78, 5) is 40.9. The van der Waals surface area contributed by atoms with Crippen LogP contribution < -0.4 is 10.6 Å². The number of hydrogen-bond donors (Lipinski definition) is 2. The molecule has 2 unspecified atom stereocenters. The summed E-state index contributed by atoms with van der Waals surface area (Å²) in [6, 6.07) is 17.3. The molecule has 2 atom stereocenters. The Balaban J connectivity index is 2.39. The fourth-order valence-corrected chi connectivity index (χ4v) is 3.81. The average molecular weight is 506 g/mol. The smallest absolute Gasteiger partial charge is 0.408 e. The molecule has 0 aromatic heterocycles. The van der Waals surface area contributed by atoms with Gasteiger partial charge in [-0.15, -0.1) is 0 Å². The van der Waals surface area contributed by atoms with Crippen LogP contribution >= 0.6 is 0 Å². The molecule has 0 bridgehead atoms. The highest BCUT2D eigenvalue weighted by Crippen LogP contribution is 2.24. The number of alkyl carbamates (subject to hydrolysis) is 1. The summed E-state index contributed by atoms with van der Waals surface area (Å²) in [6.45, 7) is 11.4. The summed E-state index contributed by atoms with van der Waals surface area (Å²) in [7, 11) is 0. The lowest BCUT2D eigenvalue weighted by atomic mass is 9.98. The second-order valence-corrected chi connectivity index (χ2v) is 10.4. The lowest BCUT2D eigenvalue weighted by molar-refractivity contribution is -0.139. The second kappa shape index (κ2) is 13.5. The third-order valence-corrected chi connectivity index (χ3v) is 5.59. The average Bonchev–Trinajstić information content (AvgIpc) is 2.84. The largest absolute Gasteiger partial charge is 0.444 e. The standard InChI is InChI=1S/C30H39N3O4/c1-8-22-15-17-24(18-16-22)26(27(34)31-20-23-13-11-10-12-14-23)33(9-2)28(35)25(19-21(3)4)32-29(36)37-30(5,6)7/h2,10-18,21,25-26H,8,19-20H2,1,3-7H3,(H,31,34)(H,32,36). The molecule has 198 valence electrons. The first-order valence-electron chi connectivity index (χ1n) is 12.6. The molecule has 2 aromatic rings. The molecule has 3 amide bonds. The van der Waals surface area contributed by atoms with Gasteiger partial charge in [0.25, 0.3) is 5.91 Å². The maximum Gasteiger partial charge on any atom is 0.408 e. The van der Waals surface area contributed by atoms with Crippen LogP contribution in [0.25, 0.3) is 0 Å². The molecule has 0 radical (unpaired) electrons. The zero-order chi connectivity index (χ0) is 27.6. The Morgan fingerprint density at radius 2 is 1.62 bits per heavy atom. The van der Waals surface area contributed by atoms with Crippen molar-refractivity contribution in [3.05, 3.63) is 71.3 Å². The third-order valence-electron chi connectivity index (χ3n) is 5.59. The van der Waals surface area contributed by atoms with Gasteiger partial charge in [-0.25, -0.2) is 4.79 Å². The van der Waals surface area contributed by atoms with E-state index in [1.54, 1.807) is 20.8 Å². The van der Waals surface area contributed by atoms with Gasteiger partial charge in [-0.2, -0.15) is 0 Å². The van der Waals surface area contributed by atoms with Crippen molar-refractivity contribution in [1.82, 2.24) is 15.5 Å². The van der Waals surface area contributed by atoms with E-state index in [1.165, 1.54) is 0 Å². The van der Waals surface area contributed by atoms with E-state index in [-0.39, 0.29) is 12.5 Å². The van der Waals surface area contributed by atoms with E-state index >= 15 is 0 Å². The van der Waals surface area contributed by atoms with Gasteiger partial charge < -0.3 is 15.4 Å². The Morgan fingerprint density at radius 3 is 2.14 bits per heavy atom. The van der Waals surface area contributed by atoms with Gasteiger partial charge in [-0.3, -0.25) is 14.5 Å². The molecule has 0 fully saturated rings. The Kier molecular flexibility index (Phi) is 10.7. The van der Waals surface area contributed by atoms with Crippen LogP contribution in [0.3, 0.4) is 0 Å². The zero-order valence-corrected chi connectivity index (χ0v) is 22.7. The van der Waals surface area contributed by atoms with E-state index in [0.29, 0.717) is 12.0 Å². The van der Waals surface area contributed by atoms with E-state index in [2.05, 4.69) is 16.7 Å². The summed E-state index contributed by atoms with van der Waals surface area (Å²) in [5.74, 6) is -0.904. The van der Waals surface area contributed by atoms with Gasteiger partial charge in [-0.05, 0) is 56.2 Å². The minimum Gasteiger partial charge on any atom is -0.444 e. The van der Waals surface area contributed by atoms with E-state index < -0.39 is 35.6 Å². The first-order valence-corrected chi connectivity index (χ1v) is 12.6. The predicted molar refractivity (Wildman–Crippen MR) is 145 cm³/mol. The molecule has 0 saturated heterocycles. The number of nitrogens with one attached hydrogen (secondary N) is 2. The van der Waals surface area contributed by atoms with Crippen LogP contribution in [0, 0.1) is 18.4 Å². The van der Waals surface area contributed by atoms with Crippen molar-refractivity contribution >= 4 is 17.9 Å². The first-order chi connectivity index (χ1) is 17.4. The molecule has 0 saturated carbocycles. The number of aryl methyl sites for hydroxylation is 1. The van der Waals surface area contributed by atoms with Crippen molar-refractivity contribution in [3.8, 4) is 12.5 Å². The monoisotopic (exact) mass is 505 g/mol. The summed E-state index contributed by atoms with van der Waals surface area (Å²) >= 11 is 0. The van der Waals surface area contributed by atoms with Gasteiger partial charge in [0.15, 0.2) is 0 Å². The van der Waals surface area contributed by atoms with E-state index in [1.807, 2.05) is 75.4 Å². The number of rotatable bonds is 10. The highest BCUT2D eigenvalue weighted by atomic mass is 16.6. The normalized spacial score (nSPS) is 12.7. The number of carbonyl (C=O) groups is 3. The fraction of sp³-hybridized carbons (Fsp3) is 0.433. The lowest BCUT2D eigenvalue weighted by Crippen LogP contribution is -2.51. The van der Waals surface area contributed by atoms with Gasteiger partial charge in [0.2, 0.25) is 5.91 Å². The summed E-state index contributed by atoms with van der Waals surface area (Å²) in [5.41, 5.74) is 1.85. The van der Waals surface area contributed by atoms with Crippen LogP contribution in [0.5, 0.6) is 0 Å². The maximum absolute atomic E-state index is 13.8. The van der Waals surface area contributed by atoms with E-state index in [4.69, 9.17) is 11.2 Å². The van der Waals surface area contributed by atoms with Crippen molar-refractivity contribution in [3.63, 3.8) is 0 Å². The number of terminal acetylenes is 1. The first kappa shape index (κ1) is 29.4. The molecule has 0 aliphatic carbocycles. The van der Waals surface area contributed by atoms with Crippen LogP contribution in [0.4, 0.5) is 4.79 Å². The number of ether oxygens (including phenoxy) is 1. The molecule has 2 rings (SSSR count). The van der Waals surface area contributed by atoms with Crippen molar-refractivity contribution in [2.45, 2.75) is 78.6 Å². The van der Waals surface area contributed by atoms with Crippen LogP contribution in [0.15, 0.2) is 54.6 Å². The molecular formula is C30H39N3O4. The maximum atomic E-state index is 13.8. The molecule has 7 nitrogen and oxygen atoms in total. The van der Waals surface area contributed by atoms with Crippen molar-refractivity contribution in [2.24, 2.45) is 5.92 Å². The SMILES string of the molecule is C#CN(C(=O)C(CC(C)C)NC(=O)OC(C)(C)C)C(C(=O)NCc1ccccc1)c1ccc(CC)cc1. The third kappa shape index (κ3) is 9.30. The van der Waals surface area contributed by atoms with Crippen LogP contribution in [-0.4, -0.2) is 34.5 Å². The number of carbonyl (C=O) groups excluding carboxylic acids is 3. The Labute approximate surface area is 221 Å². The number of benzene rings is 2. The second-order valence-electron chi connectivity index (χ2n) is 10.4. The van der Waals surface area contributed by atoms with Crippen molar-refractivity contribution in [1.29, 1.82) is 0 Å². The number of amides is 3. The Bertz CT molecular complexity index is 1080. The lowest BCUT2D eigenvalue weighted by Gasteiger charge is -2.31. The van der Waals surface area contributed by atoms with Gasteiger partial charge in [0, 0.05) is 12.6 Å². The summed E-state index contributed by atoms with van der Waals surface area (Å²) in [5, 5.41) is 5.57. The van der Waals surface area contributed by atoms with E-state index in [0.717, 1.165) is 22.4 Å². The molecule has 0 aliphatic rings. The molecule has 2 N–H and O–H groups in total. The van der Waals surface area contributed by atoms with Crippen LogP contribution in [-0.2, 0) is 27.3 Å². The molecule has 0 aliphatic heterocycles. The van der Waals surface area contributed by atoms with Crippen molar-refractivity contribution < 1.29 is 19.1 Å². The fourth-order valence-electron chi connectivity index (χ4n) is 3.81. The summed E-state index contributed by atoms with van der Waals surface area (Å²) in [6.07, 6.45) is 6.28. The molecule has 0 spiro atoms. The Morgan fingerprint density at radius 1 is 1.00 bits per heavy atom. The minimum atomic E-state index is -1.08.